The van der Waals surface area contributed by atoms with E-state index in [1.54, 1.807) is 7.11 Å². The summed E-state index contributed by atoms with van der Waals surface area (Å²) < 4.78 is 11.2. The van der Waals surface area contributed by atoms with Gasteiger partial charge in [0.1, 0.15) is 11.8 Å². The number of aliphatic imine (C=N–C) groups is 1. The van der Waals surface area contributed by atoms with Crippen molar-refractivity contribution in [1.29, 1.82) is 0 Å². The Kier molecular flexibility index (Phi) is 6.09. The maximum absolute atomic E-state index is 13.0. The fourth-order valence-corrected chi connectivity index (χ4v) is 3.49. The highest BCUT2D eigenvalue weighted by Crippen LogP contribution is 2.23. The molecule has 4 rings (SSSR count). The average Bonchev–Trinajstić information content (AvgIpc) is 3.18. The first-order valence-electron chi connectivity index (χ1n) is 9.97. The summed E-state index contributed by atoms with van der Waals surface area (Å²) in [6.07, 6.45) is 0.532. The van der Waals surface area contributed by atoms with Gasteiger partial charge in [-0.2, -0.15) is 0 Å². The van der Waals surface area contributed by atoms with Crippen LogP contribution in [-0.2, 0) is 22.4 Å². The maximum atomic E-state index is 13.0. The quantitative estimate of drug-likeness (QED) is 0.644. The van der Waals surface area contributed by atoms with Crippen LogP contribution in [0.4, 0.5) is 5.69 Å². The van der Waals surface area contributed by atoms with Crippen molar-refractivity contribution in [1.82, 2.24) is 0 Å². The van der Waals surface area contributed by atoms with Gasteiger partial charge in [-0.25, -0.2) is 4.99 Å². The monoisotopic (exact) mass is 400 g/mol. The largest absolute Gasteiger partial charge is 0.497 e. The Hall–Kier alpha value is -3.60. The van der Waals surface area contributed by atoms with E-state index in [0.29, 0.717) is 24.4 Å². The van der Waals surface area contributed by atoms with E-state index in [1.807, 2.05) is 84.9 Å². The van der Waals surface area contributed by atoms with Gasteiger partial charge in [-0.05, 0) is 41.8 Å². The molecular weight excluding hydrogens is 376 g/mol. The fraction of sp³-hybridized carbons (Fsp3) is 0.200. The number of rotatable bonds is 7. The molecule has 5 nitrogen and oxygen atoms in total. The summed E-state index contributed by atoms with van der Waals surface area (Å²) in [5.74, 6) is 1.13. The van der Waals surface area contributed by atoms with Gasteiger partial charge in [-0.3, -0.25) is 4.79 Å². The molecule has 1 aliphatic heterocycles. The van der Waals surface area contributed by atoms with Crippen LogP contribution in [0.2, 0.25) is 0 Å². The summed E-state index contributed by atoms with van der Waals surface area (Å²) in [4.78, 5) is 17.8. The lowest BCUT2D eigenvalue weighted by Gasteiger charge is -2.17. The molecule has 0 bridgehead atoms. The topological polar surface area (TPSA) is 59.9 Å². The normalized spacial score (nSPS) is 17.7. The van der Waals surface area contributed by atoms with Crippen LogP contribution in [-0.4, -0.2) is 31.1 Å². The molecule has 0 spiro atoms. The molecule has 0 aliphatic carbocycles. The summed E-state index contributed by atoms with van der Waals surface area (Å²) in [6.45, 7) is 0. The zero-order valence-electron chi connectivity index (χ0n) is 16.8. The second kappa shape index (κ2) is 9.27. The lowest BCUT2D eigenvalue weighted by molar-refractivity contribution is -0.123. The molecule has 0 saturated carbocycles. The van der Waals surface area contributed by atoms with Crippen molar-refractivity contribution in [2.75, 3.05) is 12.4 Å². The number of amides is 1. The second-order valence-electron chi connectivity index (χ2n) is 7.20. The van der Waals surface area contributed by atoms with E-state index in [4.69, 9.17) is 14.5 Å². The minimum Gasteiger partial charge on any atom is -0.497 e. The van der Waals surface area contributed by atoms with Crippen LogP contribution in [0.15, 0.2) is 89.9 Å². The van der Waals surface area contributed by atoms with Crippen molar-refractivity contribution >= 4 is 17.5 Å². The Morgan fingerprint density at radius 3 is 2.20 bits per heavy atom. The Bertz CT molecular complexity index is 1000. The number of nitrogens with one attached hydrogen (secondary N) is 1. The molecule has 1 aliphatic rings. The maximum Gasteiger partial charge on any atom is 0.267 e. The first-order valence-corrected chi connectivity index (χ1v) is 9.97. The van der Waals surface area contributed by atoms with Crippen LogP contribution < -0.4 is 10.1 Å². The van der Waals surface area contributed by atoms with Crippen LogP contribution in [0.5, 0.6) is 5.75 Å². The number of hydrogen-bond donors (Lipinski definition) is 1. The van der Waals surface area contributed by atoms with E-state index in [-0.39, 0.29) is 11.9 Å². The highest BCUT2D eigenvalue weighted by atomic mass is 16.5. The van der Waals surface area contributed by atoms with Crippen LogP contribution in [0, 0.1) is 0 Å². The number of hydrogen-bond acceptors (Lipinski definition) is 4. The molecule has 5 heteroatoms. The highest BCUT2D eigenvalue weighted by Gasteiger charge is 2.36. The SMILES string of the molecule is COc1ccc(NC(=O)C2OC(Cc3ccccc3)=N[C@H]2Cc2ccccc2)cc1. The van der Waals surface area contributed by atoms with Crippen molar-refractivity contribution < 1.29 is 14.3 Å². The summed E-state index contributed by atoms with van der Waals surface area (Å²) in [5.41, 5.74) is 2.92. The van der Waals surface area contributed by atoms with Crippen molar-refractivity contribution in [3.8, 4) is 5.75 Å². The lowest BCUT2D eigenvalue weighted by atomic mass is 10.0. The van der Waals surface area contributed by atoms with E-state index >= 15 is 0 Å². The number of carbonyl (C=O) groups excluding carboxylic acids is 1. The molecule has 0 aromatic heterocycles. The number of methoxy groups -OCH3 is 1. The van der Waals surface area contributed by atoms with Gasteiger partial charge in [0.25, 0.3) is 5.91 Å². The van der Waals surface area contributed by atoms with Crippen LogP contribution in [0.3, 0.4) is 0 Å². The van der Waals surface area contributed by atoms with Crippen LogP contribution in [0.25, 0.3) is 0 Å². The molecule has 1 unspecified atom stereocenters. The summed E-state index contributed by atoms with van der Waals surface area (Å²) in [5, 5.41) is 2.94. The van der Waals surface area contributed by atoms with Gasteiger partial charge in [-0.15, -0.1) is 0 Å². The molecule has 0 saturated heterocycles. The van der Waals surface area contributed by atoms with E-state index in [1.165, 1.54) is 0 Å². The molecule has 0 fully saturated rings. The number of anilines is 1. The van der Waals surface area contributed by atoms with Gasteiger partial charge in [0, 0.05) is 12.1 Å². The van der Waals surface area contributed by atoms with E-state index < -0.39 is 6.10 Å². The smallest absolute Gasteiger partial charge is 0.267 e. The zero-order chi connectivity index (χ0) is 20.8. The van der Waals surface area contributed by atoms with Gasteiger partial charge in [0.05, 0.1) is 7.11 Å². The summed E-state index contributed by atoms with van der Waals surface area (Å²) >= 11 is 0. The van der Waals surface area contributed by atoms with Crippen molar-refractivity contribution in [3.63, 3.8) is 0 Å². The van der Waals surface area contributed by atoms with Crippen LogP contribution >= 0.6 is 0 Å². The molecule has 1 amide bonds. The summed E-state index contributed by atoms with van der Waals surface area (Å²) in [7, 11) is 1.61. The van der Waals surface area contributed by atoms with Crippen molar-refractivity contribution in [3.05, 3.63) is 96.1 Å². The minimum absolute atomic E-state index is 0.201. The predicted octanol–water partition coefficient (Wildman–Crippen LogP) is 4.29. The minimum atomic E-state index is -0.675. The van der Waals surface area contributed by atoms with E-state index in [9.17, 15) is 4.79 Å². The number of nitrogens with zero attached hydrogens (tertiary/aromatic N) is 1. The molecule has 3 aromatic carbocycles. The number of carbonyl (C=O) groups is 1. The molecule has 1 heterocycles. The average molecular weight is 400 g/mol. The third kappa shape index (κ3) is 4.87. The van der Waals surface area contributed by atoms with Gasteiger partial charge in [-0.1, -0.05) is 60.7 Å². The Morgan fingerprint density at radius 1 is 0.933 bits per heavy atom. The first-order chi connectivity index (χ1) is 14.7. The highest BCUT2D eigenvalue weighted by molar-refractivity contribution is 5.98. The molecule has 0 radical (unpaired) electrons. The zero-order valence-corrected chi connectivity index (χ0v) is 16.8. The fourth-order valence-electron chi connectivity index (χ4n) is 3.49. The third-order valence-corrected chi connectivity index (χ3v) is 5.02. The Labute approximate surface area is 176 Å². The molecule has 30 heavy (non-hydrogen) atoms. The number of benzene rings is 3. The van der Waals surface area contributed by atoms with Gasteiger partial charge < -0.3 is 14.8 Å². The van der Waals surface area contributed by atoms with E-state index in [2.05, 4.69) is 5.32 Å². The second-order valence-corrected chi connectivity index (χ2v) is 7.20. The first kappa shape index (κ1) is 19.7. The van der Waals surface area contributed by atoms with Gasteiger partial charge in [0.2, 0.25) is 6.10 Å². The van der Waals surface area contributed by atoms with Crippen molar-refractivity contribution in [2.45, 2.75) is 25.0 Å². The molecular formula is C25H24N2O3. The molecule has 2 atom stereocenters. The molecule has 1 N–H and O–H groups in total. The predicted molar refractivity (Wildman–Crippen MR) is 118 cm³/mol. The standard InChI is InChI=1S/C25H24N2O3/c1-29-21-14-12-20(13-15-21)26-25(28)24-22(16-18-8-4-2-5-9-18)27-23(30-24)17-19-10-6-3-7-11-19/h2-15,22,24H,16-17H2,1H3,(H,26,28)/t22-,24?/m0/s1. The van der Waals surface area contributed by atoms with Gasteiger partial charge >= 0.3 is 0 Å². The lowest BCUT2D eigenvalue weighted by Crippen LogP contribution is -2.37. The third-order valence-electron chi connectivity index (χ3n) is 5.02. The Balaban J connectivity index is 1.50. The number of ether oxygens (including phenoxy) is 2. The Morgan fingerprint density at radius 2 is 1.57 bits per heavy atom. The van der Waals surface area contributed by atoms with Gasteiger partial charge in [0.15, 0.2) is 5.90 Å². The summed E-state index contributed by atoms with van der Waals surface area (Å²) in [6, 6.07) is 27.0. The van der Waals surface area contributed by atoms with Crippen molar-refractivity contribution in [2.24, 2.45) is 4.99 Å². The van der Waals surface area contributed by atoms with Crippen LogP contribution in [0.1, 0.15) is 11.1 Å². The molecule has 3 aromatic rings. The molecule has 152 valence electrons. The van der Waals surface area contributed by atoms with E-state index in [0.717, 1.165) is 16.9 Å².